The Morgan fingerprint density at radius 3 is 2.95 bits per heavy atom. The molecule has 126 valence electrons. The molecule has 4 heteroatoms. The van der Waals surface area contributed by atoms with Crippen LogP contribution < -0.4 is 0 Å². The molecule has 4 rings (SSSR count). The van der Waals surface area contributed by atoms with Gasteiger partial charge in [0, 0.05) is 12.6 Å². The summed E-state index contributed by atoms with van der Waals surface area (Å²) in [6.07, 6.45) is 6.56. The summed E-state index contributed by atoms with van der Waals surface area (Å²) >= 11 is 0. The lowest BCUT2D eigenvalue weighted by atomic mass is 9.49. The van der Waals surface area contributed by atoms with Crippen LogP contribution in [0.2, 0.25) is 0 Å². The van der Waals surface area contributed by atoms with E-state index in [1.165, 1.54) is 18.4 Å². The summed E-state index contributed by atoms with van der Waals surface area (Å²) in [5, 5.41) is 19.5. The minimum absolute atomic E-state index is 0.193. The Morgan fingerprint density at radius 1 is 1.45 bits per heavy atom. The number of fused-ring (bicyclic) bond motifs is 1. The maximum absolute atomic E-state index is 10.2. The van der Waals surface area contributed by atoms with Crippen LogP contribution in [0.3, 0.4) is 0 Å². The van der Waals surface area contributed by atoms with Gasteiger partial charge in [-0.3, -0.25) is 4.90 Å². The standard InChI is InChI=1S/C18H31NO3/c1-18(2)14-6-5-13(17(18)8-14)11-22-12-16(21)9-19-7-3-4-15(19)10-20/h5,14-17,20-21H,3-4,6-12H2,1-2H3/t14?,15-,16?,17?/m1/s1. The number of aliphatic hydroxyl groups excluding tert-OH is 2. The fourth-order valence-corrected chi connectivity index (χ4v) is 4.62. The number of hydrogen-bond acceptors (Lipinski definition) is 4. The maximum atomic E-state index is 10.2. The molecular formula is C18H31NO3. The van der Waals surface area contributed by atoms with Gasteiger partial charge in [-0.2, -0.15) is 0 Å². The van der Waals surface area contributed by atoms with Crippen molar-refractivity contribution in [1.82, 2.24) is 4.90 Å². The smallest absolute Gasteiger partial charge is 0.0900 e. The zero-order valence-electron chi connectivity index (χ0n) is 14.0. The van der Waals surface area contributed by atoms with Gasteiger partial charge in [-0.1, -0.05) is 19.9 Å². The normalized spacial score (nSPS) is 35.1. The van der Waals surface area contributed by atoms with Crippen molar-refractivity contribution in [2.45, 2.75) is 51.7 Å². The van der Waals surface area contributed by atoms with E-state index < -0.39 is 6.10 Å². The van der Waals surface area contributed by atoms with Gasteiger partial charge >= 0.3 is 0 Å². The van der Waals surface area contributed by atoms with Gasteiger partial charge in [-0.05, 0) is 55.1 Å². The van der Waals surface area contributed by atoms with Crippen LogP contribution in [0.15, 0.2) is 11.6 Å². The Bertz CT molecular complexity index is 421. The minimum Gasteiger partial charge on any atom is -0.395 e. The summed E-state index contributed by atoms with van der Waals surface area (Å²) in [6.45, 7) is 7.58. The van der Waals surface area contributed by atoms with Gasteiger partial charge in [0.05, 0.1) is 25.9 Å². The first kappa shape index (κ1) is 16.4. The van der Waals surface area contributed by atoms with Crippen LogP contribution in [0.5, 0.6) is 0 Å². The van der Waals surface area contributed by atoms with E-state index in [-0.39, 0.29) is 12.6 Å². The van der Waals surface area contributed by atoms with E-state index in [4.69, 9.17) is 4.74 Å². The zero-order chi connectivity index (χ0) is 15.7. The van der Waals surface area contributed by atoms with Gasteiger partial charge in [0.25, 0.3) is 0 Å². The minimum atomic E-state index is -0.460. The van der Waals surface area contributed by atoms with Gasteiger partial charge < -0.3 is 14.9 Å². The monoisotopic (exact) mass is 309 g/mol. The summed E-state index contributed by atoms with van der Waals surface area (Å²) in [7, 11) is 0. The third kappa shape index (κ3) is 3.12. The molecule has 2 fully saturated rings. The maximum Gasteiger partial charge on any atom is 0.0900 e. The molecule has 4 atom stereocenters. The van der Waals surface area contributed by atoms with Crippen molar-refractivity contribution in [3.63, 3.8) is 0 Å². The van der Waals surface area contributed by atoms with E-state index in [1.807, 2.05) is 0 Å². The second-order valence-corrected chi connectivity index (χ2v) is 7.96. The SMILES string of the molecule is CC1(C)C2CC=C(COCC(O)CN3CCC[C@@H]3CO)C1C2. The quantitative estimate of drug-likeness (QED) is 0.704. The van der Waals surface area contributed by atoms with Gasteiger partial charge in [0.1, 0.15) is 0 Å². The number of rotatable bonds is 7. The number of allylic oxidation sites excluding steroid dienone is 1. The number of hydrogen-bond donors (Lipinski definition) is 2. The Kier molecular flexibility index (Phi) is 4.93. The van der Waals surface area contributed by atoms with Crippen molar-refractivity contribution in [1.29, 1.82) is 0 Å². The number of nitrogens with zero attached hydrogens (tertiary/aromatic N) is 1. The van der Waals surface area contributed by atoms with E-state index in [0.717, 1.165) is 25.3 Å². The van der Waals surface area contributed by atoms with Gasteiger partial charge in [0.2, 0.25) is 0 Å². The van der Waals surface area contributed by atoms with E-state index in [2.05, 4.69) is 24.8 Å². The van der Waals surface area contributed by atoms with Gasteiger partial charge in [-0.15, -0.1) is 0 Å². The lowest BCUT2D eigenvalue weighted by Crippen LogP contribution is -2.48. The average molecular weight is 309 g/mol. The van der Waals surface area contributed by atoms with Crippen molar-refractivity contribution in [3.8, 4) is 0 Å². The highest BCUT2D eigenvalue weighted by atomic mass is 16.5. The first-order valence-corrected chi connectivity index (χ1v) is 8.82. The molecular weight excluding hydrogens is 278 g/mol. The second-order valence-electron chi connectivity index (χ2n) is 7.96. The van der Waals surface area contributed by atoms with Crippen LogP contribution in [-0.2, 0) is 4.74 Å². The van der Waals surface area contributed by atoms with E-state index in [0.29, 0.717) is 31.1 Å². The molecule has 2 N–H and O–H groups in total. The Labute approximate surface area is 134 Å². The van der Waals surface area contributed by atoms with Crippen LogP contribution >= 0.6 is 0 Å². The number of β-amino-alcohol motifs (C(OH)–C–C–N with tert-alkyl or cyclic N) is 1. The third-order valence-electron chi connectivity index (χ3n) is 6.32. The highest BCUT2D eigenvalue weighted by molar-refractivity contribution is 5.23. The van der Waals surface area contributed by atoms with Crippen molar-refractivity contribution < 1.29 is 14.9 Å². The molecule has 1 saturated heterocycles. The molecule has 1 aliphatic heterocycles. The zero-order valence-corrected chi connectivity index (χ0v) is 14.0. The summed E-state index contributed by atoms with van der Waals surface area (Å²) in [5.74, 6) is 1.54. The molecule has 4 aliphatic rings. The first-order chi connectivity index (χ1) is 10.5. The van der Waals surface area contributed by atoms with Gasteiger partial charge in [0.15, 0.2) is 0 Å². The number of aliphatic hydroxyl groups is 2. The molecule has 0 aromatic carbocycles. The molecule has 0 amide bonds. The van der Waals surface area contributed by atoms with Crippen LogP contribution in [0.1, 0.15) is 39.5 Å². The molecule has 0 aromatic rings. The lowest BCUT2D eigenvalue weighted by Gasteiger charge is -2.56. The molecule has 3 aliphatic carbocycles. The Morgan fingerprint density at radius 2 is 2.27 bits per heavy atom. The predicted octanol–water partition coefficient (Wildman–Crippen LogP) is 1.81. The number of ether oxygens (including phenoxy) is 1. The molecule has 4 nitrogen and oxygen atoms in total. The molecule has 0 aromatic heterocycles. The molecule has 1 saturated carbocycles. The Hall–Kier alpha value is -0.420. The van der Waals surface area contributed by atoms with Crippen LogP contribution in [0.4, 0.5) is 0 Å². The van der Waals surface area contributed by atoms with Crippen LogP contribution in [0, 0.1) is 17.3 Å². The molecule has 22 heavy (non-hydrogen) atoms. The third-order valence-corrected chi connectivity index (χ3v) is 6.32. The van der Waals surface area contributed by atoms with Crippen molar-refractivity contribution >= 4 is 0 Å². The summed E-state index contributed by atoms with van der Waals surface area (Å²) in [5.41, 5.74) is 1.88. The fraction of sp³-hybridized carbons (Fsp3) is 0.889. The molecule has 0 spiro atoms. The lowest BCUT2D eigenvalue weighted by molar-refractivity contribution is -0.0270. The first-order valence-electron chi connectivity index (χ1n) is 8.82. The highest BCUT2D eigenvalue weighted by Crippen LogP contribution is 2.59. The summed E-state index contributed by atoms with van der Waals surface area (Å²) in [6, 6.07) is 0.225. The second kappa shape index (κ2) is 6.60. The van der Waals surface area contributed by atoms with Crippen LogP contribution in [0.25, 0.3) is 0 Å². The fourth-order valence-electron chi connectivity index (χ4n) is 4.62. The molecule has 3 unspecified atom stereocenters. The summed E-state index contributed by atoms with van der Waals surface area (Å²) < 4.78 is 5.80. The number of likely N-dealkylation sites (tertiary alicyclic amines) is 1. The molecule has 0 radical (unpaired) electrons. The average Bonchev–Trinajstić information content (AvgIpc) is 2.94. The Balaban J connectivity index is 1.39. The van der Waals surface area contributed by atoms with Crippen molar-refractivity contribution in [2.24, 2.45) is 17.3 Å². The highest BCUT2D eigenvalue weighted by Gasteiger charge is 2.50. The largest absolute Gasteiger partial charge is 0.395 e. The van der Waals surface area contributed by atoms with E-state index >= 15 is 0 Å². The molecule has 1 heterocycles. The predicted molar refractivity (Wildman–Crippen MR) is 86.6 cm³/mol. The molecule has 2 bridgehead atoms. The van der Waals surface area contributed by atoms with Crippen molar-refractivity contribution in [3.05, 3.63) is 11.6 Å². The van der Waals surface area contributed by atoms with E-state index in [1.54, 1.807) is 0 Å². The summed E-state index contributed by atoms with van der Waals surface area (Å²) in [4.78, 5) is 2.19. The topological polar surface area (TPSA) is 52.9 Å². The van der Waals surface area contributed by atoms with Crippen molar-refractivity contribution in [2.75, 3.05) is 32.9 Å². The van der Waals surface area contributed by atoms with E-state index in [9.17, 15) is 10.2 Å². The van der Waals surface area contributed by atoms with Crippen LogP contribution in [-0.4, -0.2) is 60.2 Å². The van der Waals surface area contributed by atoms with Gasteiger partial charge in [-0.25, -0.2) is 0 Å².